The molecular weight excluding hydrogens is 506 g/mol. The molecule has 0 amide bonds. The van der Waals surface area contributed by atoms with E-state index in [1.807, 2.05) is 66.9 Å². The number of benzene rings is 3. The molecule has 0 saturated heterocycles. The summed E-state index contributed by atoms with van der Waals surface area (Å²) in [7, 11) is 0. The Morgan fingerprint density at radius 2 is 1.82 bits per heavy atom. The van der Waals surface area contributed by atoms with Crippen molar-refractivity contribution < 1.29 is 14.6 Å². The lowest BCUT2D eigenvalue weighted by molar-refractivity contribution is 0.0698. The Morgan fingerprint density at radius 1 is 1.00 bits per heavy atom. The highest BCUT2D eigenvalue weighted by molar-refractivity contribution is 6.01. The van der Waals surface area contributed by atoms with E-state index in [1.54, 1.807) is 24.4 Å². The molecule has 0 bridgehead atoms. The van der Waals surface area contributed by atoms with Crippen molar-refractivity contribution in [3.63, 3.8) is 0 Å². The van der Waals surface area contributed by atoms with Crippen molar-refractivity contribution in [2.75, 3.05) is 6.61 Å². The number of pyridine rings is 1. The number of nitrogens with zero attached hydrogens (tertiary/aromatic N) is 6. The molecule has 0 aliphatic heterocycles. The van der Waals surface area contributed by atoms with Crippen molar-refractivity contribution in [3.8, 4) is 39.8 Å². The van der Waals surface area contributed by atoms with Crippen molar-refractivity contribution >= 4 is 17.0 Å². The molecule has 10 nitrogen and oxygen atoms in total. The van der Waals surface area contributed by atoms with Gasteiger partial charge in [0.15, 0.2) is 0 Å². The van der Waals surface area contributed by atoms with Crippen molar-refractivity contribution in [1.29, 1.82) is 0 Å². The van der Waals surface area contributed by atoms with Crippen LogP contribution in [0.2, 0.25) is 0 Å². The standard InChI is InChI=1S/C30H25N7O3/c1-3-40-30-32-25-6-4-5-23(29(38)39)27(25)37(30)17-19-7-9-20(10-8-19)24-16-21(26-15-18(2)13-14-31-26)11-12-22(24)28-33-35-36-34-28/h4-16H,3,17H2,1-2H3,(H,38,39)(H,33,34,35,36). The predicted molar refractivity (Wildman–Crippen MR) is 150 cm³/mol. The number of hydrogen-bond acceptors (Lipinski definition) is 7. The van der Waals surface area contributed by atoms with Gasteiger partial charge in [0.2, 0.25) is 5.82 Å². The third-order valence-electron chi connectivity index (χ3n) is 6.66. The highest BCUT2D eigenvalue weighted by Gasteiger charge is 2.19. The average Bonchev–Trinajstić information content (AvgIpc) is 3.62. The quantitative estimate of drug-likeness (QED) is 0.267. The first-order valence-electron chi connectivity index (χ1n) is 12.8. The van der Waals surface area contributed by atoms with Gasteiger partial charge in [0.05, 0.1) is 35.4 Å². The van der Waals surface area contributed by atoms with E-state index in [0.29, 0.717) is 36.0 Å². The van der Waals surface area contributed by atoms with Gasteiger partial charge in [-0.15, -0.1) is 10.2 Å². The Labute approximate surface area is 229 Å². The number of aromatic amines is 1. The Balaban J connectivity index is 1.41. The number of rotatable bonds is 8. The molecule has 2 N–H and O–H groups in total. The summed E-state index contributed by atoms with van der Waals surface area (Å²) >= 11 is 0. The number of carboxylic acids is 1. The minimum Gasteiger partial charge on any atom is -0.478 e. The highest BCUT2D eigenvalue weighted by Crippen LogP contribution is 2.34. The topological polar surface area (TPSA) is 132 Å². The number of aromatic nitrogens is 7. The van der Waals surface area contributed by atoms with Crippen LogP contribution < -0.4 is 4.74 Å². The van der Waals surface area contributed by atoms with Gasteiger partial charge in [0.25, 0.3) is 6.01 Å². The maximum Gasteiger partial charge on any atom is 0.337 e. The van der Waals surface area contributed by atoms with Gasteiger partial charge in [-0.05, 0) is 77.7 Å². The van der Waals surface area contributed by atoms with Gasteiger partial charge in [0.1, 0.15) is 0 Å². The van der Waals surface area contributed by atoms with Crippen LogP contribution in [0.5, 0.6) is 6.01 Å². The van der Waals surface area contributed by atoms with Gasteiger partial charge >= 0.3 is 5.97 Å². The normalized spacial score (nSPS) is 11.2. The molecule has 198 valence electrons. The fourth-order valence-electron chi connectivity index (χ4n) is 4.80. The SMILES string of the molecule is CCOc1nc2cccc(C(=O)O)c2n1Cc1ccc(-c2cc(-c3cc(C)ccn3)ccc2-c2nn[nH]n2)cc1. The summed E-state index contributed by atoms with van der Waals surface area (Å²) in [6.45, 7) is 4.72. The van der Waals surface area contributed by atoms with E-state index in [1.165, 1.54) is 0 Å². The number of aryl methyl sites for hydroxylation is 1. The van der Waals surface area contributed by atoms with E-state index in [9.17, 15) is 9.90 Å². The lowest BCUT2D eigenvalue weighted by atomic mass is 9.94. The van der Waals surface area contributed by atoms with Gasteiger partial charge in [0, 0.05) is 17.3 Å². The van der Waals surface area contributed by atoms with Crippen molar-refractivity contribution in [1.82, 2.24) is 35.2 Å². The monoisotopic (exact) mass is 531 g/mol. The largest absolute Gasteiger partial charge is 0.478 e. The summed E-state index contributed by atoms with van der Waals surface area (Å²) in [5.74, 6) is -0.516. The minimum absolute atomic E-state index is 0.180. The zero-order valence-corrected chi connectivity index (χ0v) is 21.9. The number of carbonyl (C=O) groups is 1. The summed E-state index contributed by atoms with van der Waals surface area (Å²) in [5, 5.41) is 24.5. The molecule has 3 heterocycles. The second kappa shape index (κ2) is 10.4. The van der Waals surface area contributed by atoms with E-state index in [0.717, 1.165) is 39.1 Å². The highest BCUT2D eigenvalue weighted by atomic mass is 16.5. The number of nitrogens with one attached hydrogen (secondary N) is 1. The first-order chi connectivity index (χ1) is 19.5. The van der Waals surface area contributed by atoms with Gasteiger partial charge in [-0.25, -0.2) is 4.79 Å². The summed E-state index contributed by atoms with van der Waals surface area (Å²) < 4.78 is 7.58. The van der Waals surface area contributed by atoms with Crippen LogP contribution in [0.15, 0.2) is 79.0 Å². The molecule has 6 rings (SSSR count). The third kappa shape index (κ3) is 4.66. The summed E-state index contributed by atoms with van der Waals surface area (Å²) in [4.78, 5) is 21.1. The van der Waals surface area contributed by atoms with Crippen LogP contribution in [0, 0.1) is 6.92 Å². The second-order valence-electron chi connectivity index (χ2n) is 9.30. The second-order valence-corrected chi connectivity index (χ2v) is 9.30. The molecule has 0 atom stereocenters. The fourth-order valence-corrected chi connectivity index (χ4v) is 4.80. The van der Waals surface area contributed by atoms with Crippen LogP contribution in [-0.4, -0.2) is 52.8 Å². The van der Waals surface area contributed by atoms with E-state index in [-0.39, 0.29) is 5.56 Å². The smallest absolute Gasteiger partial charge is 0.337 e. The minimum atomic E-state index is -1.01. The zero-order chi connectivity index (χ0) is 27.6. The van der Waals surface area contributed by atoms with E-state index in [4.69, 9.17) is 4.74 Å². The van der Waals surface area contributed by atoms with Crippen LogP contribution in [0.25, 0.3) is 44.8 Å². The molecule has 3 aromatic carbocycles. The Bertz CT molecular complexity index is 1830. The molecule has 0 fully saturated rings. The van der Waals surface area contributed by atoms with Gasteiger partial charge < -0.3 is 9.84 Å². The van der Waals surface area contributed by atoms with E-state index >= 15 is 0 Å². The average molecular weight is 532 g/mol. The first-order valence-corrected chi connectivity index (χ1v) is 12.8. The molecule has 3 aromatic heterocycles. The van der Waals surface area contributed by atoms with Crippen LogP contribution in [-0.2, 0) is 6.54 Å². The molecular formula is C30H25N7O3. The Morgan fingerprint density at radius 3 is 2.55 bits per heavy atom. The molecule has 0 spiro atoms. The maximum absolute atomic E-state index is 12.0. The number of hydrogen-bond donors (Lipinski definition) is 2. The van der Waals surface area contributed by atoms with Crippen LogP contribution in [0.3, 0.4) is 0 Å². The van der Waals surface area contributed by atoms with Crippen molar-refractivity contribution in [2.24, 2.45) is 0 Å². The predicted octanol–water partition coefficient (Wildman–Crippen LogP) is 5.40. The zero-order valence-electron chi connectivity index (χ0n) is 21.9. The summed E-state index contributed by atoms with van der Waals surface area (Å²) in [5.41, 5.74) is 7.96. The maximum atomic E-state index is 12.0. The van der Waals surface area contributed by atoms with E-state index in [2.05, 4.69) is 36.7 Å². The molecule has 0 aliphatic rings. The summed E-state index contributed by atoms with van der Waals surface area (Å²) in [6.07, 6.45) is 1.80. The van der Waals surface area contributed by atoms with E-state index < -0.39 is 5.97 Å². The molecule has 0 saturated carbocycles. The number of tetrazole rings is 1. The van der Waals surface area contributed by atoms with Crippen LogP contribution >= 0.6 is 0 Å². The number of imidazole rings is 1. The number of aromatic carboxylic acids is 1. The number of H-pyrrole nitrogens is 1. The fraction of sp³-hybridized carbons (Fsp3) is 0.133. The van der Waals surface area contributed by atoms with Crippen LogP contribution in [0.4, 0.5) is 0 Å². The van der Waals surface area contributed by atoms with Gasteiger partial charge in [-0.1, -0.05) is 36.4 Å². The first kappa shape index (κ1) is 24.9. The van der Waals surface area contributed by atoms with Crippen molar-refractivity contribution in [3.05, 3.63) is 95.7 Å². The lowest BCUT2D eigenvalue weighted by Crippen LogP contribution is -2.08. The molecule has 6 aromatic rings. The Hall–Kier alpha value is -5.38. The number of fused-ring (bicyclic) bond motifs is 1. The summed E-state index contributed by atoms with van der Waals surface area (Å²) in [6, 6.07) is 23.6. The lowest BCUT2D eigenvalue weighted by Gasteiger charge is -2.13. The van der Waals surface area contributed by atoms with Gasteiger partial charge in [-0.3, -0.25) is 9.55 Å². The molecule has 0 unspecified atom stereocenters. The molecule has 40 heavy (non-hydrogen) atoms. The van der Waals surface area contributed by atoms with Gasteiger partial charge in [-0.2, -0.15) is 10.2 Å². The number of ether oxygens (including phenoxy) is 1. The Kier molecular flexibility index (Phi) is 6.49. The van der Waals surface area contributed by atoms with Crippen molar-refractivity contribution in [2.45, 2.75) is 20.4 Å². The number of carboxylic acid groups (broad SMARTS) is 1. The number of para-hydroxylation sites is 1. The molecule has 0 aliphatic carbocycles. The molecule has 10 heteroatoms. The van der Waals surface area contributed by atoms with Crippen LogP contribution in [0.1, 0.15) is 28.4 Å². The third-order valence-corrected chi connectivity index (χ3v) is 6.66. The molecule has 0 radical (unpaired) electrons.